The molecule has 1 heterocycles. The summed E-state index contributed by atoms with van der Waals surface area (Å²) < 4.78 is 64.0. The summed E-state index contributed by atoms with van der Waals surface area (Å²) in [5, 5.41) is 8.99. The molecule has 2 aromatic rings. The number of alkyl halides is 3. The second-order valence-electron chi connectivity index (χ2n) is 5.36. The van der Waals surface area contributed by atoms with Crippen molar-refractivity contribution in [2.45, 2.75) is 24.9 Å². The number of hydrogen-bond donors (Lipinski definition) is 1. The lowest BCUT2D eigenvalue weighted by molar-refractivity contribution is -0.106. The summed E-state index contributed by atoms with van der Waals surface area (Å²) in [6.45, 7) is 2.54. The first-order chi connectivity index (χ1) is 12.0. The molecule has 0 spiro atoms. The second kappa shape index (κ2) is 6.97. The van der Waals surface area contributed by atoms with E-state index in [2.05, 4.69) is 4.98 Å². The maximum absolute atomic E-state index is 14.3. The summed E-state index contributed by atoms with van der Waals surface area (Å²) in [5.74, 6) is -2.75. The van der Waals surface area contributed by atoms with Crippen molar-refractivity contribution in [3.63, 3.8) is 0 Å². The zero-order valence-corrected chi connectivity index (χ0v) is 14.2. The highest BCUT2D eigenvalue weighted by Crippen LogP contribution is 2.27. The van der Waals surface area contributed by atoms with Gasteiger partial charge in [0, 0.05) is 17.3 Å². The number of aromatic amines is 1. The van der Waals surface area contributed by atoms with Gasteiger partial charge in [0.05, 0.1) is 5.69 Å². The predicted octanol–water partition coefficient (Wildman–Crippen LogP) is 1.82. The largest absolute Gasteiger partial charge is 0.611 e. The molecule has 1 aromatic carbocycles. The fourth-order valence-electron chi connectivity index (χ4n) is 2.28. The first kappa shape index (κ1) is 19.7. The van der Waals surface area contributed by atoms with Crippen molar-refractivity contribution in [2.24, 2.45) is 0 Å². The summed E-state index contributed by atoms with van der Waals surface area (Å²) in [7, 11) is 0. The Balaban J connectivity index is 2.74. The maximum atomic E-state index is 14.3. The summed E-state index contributed by atoms with van der Waals surface area (Å²) >= 11 is -2.57. The summed E-state index contributed by atoms with van der Waals surface area (Å²) in [4.78, 5) is 26.2. The van der Waals surface area contributed by atoms with E-state index < -0.39 is 51.4 Å². The quantitative estimate of drug-likeness (QED) is 0.639. The Morgan fingerprint density at radius 3 is 2.46 bits per heavy atom. The van der Waals surface area contributed by atoms with E-state index in [0.29, 0.717) is 0 Å². The summed E-state index contributed by atoms with van der Waals surface area (Å²) in [5.41, 5.74) is -3.43. The number of hydrogen-bond acceptors (Lipinski definition) is 4. The number of nitrogens with zero attached hydrogens (tertiary/aromatic N) is 2. The first-order valence-corrected chi connectivity index (χ1v) is 8.30. The van der Waals surface area contributed by atoms with Gasteiger partial charge in [-0.1, -0.05) is 0 Å². The van der Waals surface area contributed by atoms with Crippen LogP contribution in [0.2, 0.25) is 0 Å². The highest BCUT2D eigenvalue weighted by atomic mass is 32.2. The number of aromatic nitrogens is 2. The van der Waals surface area contributed by atoms with Gasteiger partial charge in [-0.05, 0) is 31.1 Å². The van der Waals surface area contributed by atoms with E-state index in [-0.39, 0.29) is 20.7 Å². The molecule has 0 radical (unpaired) electrons. The molecule has 1 aromatic heterocycles. The van der Waals surface area contributed by atoms with E-state index in [9.17, 15) is 31.7 Å². The molecule has 1 atom stereocenters. The minimum Gasteiger partial charge on any atom is -0.611 e. The van der Waals surface area contributed by atoms with Crippen LogP contribution in [0.4, 0.5) is 17.6 Å². The topological polar surface area (TPSA) is 102 Å². The molecule has 6 nitrogen and oxygen atoms in total. The van der Waals surface area contributed by atoms with E-state index in [0.717, 1.165) is 12.1 Å². The van der Waals surface area contributed by atoms with E-state index in [1.54, 1.807) is 6.07 Å². The SMILES string of the molecule is Cc1cc(F)c(-n2c(=O)[nH]c(C)c(C#N)c2=O)cc1[S+]([O-])CC(F)(F)F. The van der Waals surface area contributed by atoms with Gasteiger partial charge in [-0.2, -0.15) is 18.4 Å². The summed E-state index contributed by atoms with van der Waals surface area (Å²) in [6, 6.07) is 3.09. The molecule has 0 saturated heterocycles. The highest BCUT2D eigenvalue weighted by Gasteiger charge is 2.36. The molecule has 1 unspecified atom stereocenters. The molecule has 26 heavy (non-hydrogen) atoms. The Morgan fingerprint density at radius 1 is 1.31 bits per heavy atom. The lowest BCUT2D eigenvalue weighted by Crippen LogP contribution is -2.37. The van der Waals surface area contributed by atoms with E-state index in [4.69, 9.17) is 5.26 Å². The number of aryl methyl sites for hydroxylation is 2. The molecule has 1 N–H and O–H groups in total. The maximum Gasteiger partial charge on any atom is 0.433 e. The number of H-pyrrole nitrogens is 1. The van der Waals surface area contributed by atoms with Crippen molar-refractivity contribution in [1.29, 1.82) is 5.26 Å². The highest BCUT2D eigenvalue weighted by molar-refractivity contribution is 7.91. The zero-order chi connectivity index (χ0) is 19.8. The third-order valence-electron chi connectivity index (χ3n) is 3.43. The van der Waals surface area contributed by atoms with Crippen molar-refractivity contribution in [1.82, 2.24) is 9.55 Å². The van der Waals surface area contributed by atoms with Gasteiger partial charge in [0.15, 0.2) is 4.90 Å². The van der Waals surface area contributed by atoms with Crippen LogP contribution in [0, 0.1) is 31.0 Å². The molecule has 0 aliphatic rings. The molecule has 138 valence electrons. The van der Waals surface area contributed by atoms with Gasteiger partial charge >= 0.3 is 11.9 Å². The number of benzene rings is 1. The number of rotatable bonds is 3. The van der Waals surface area contributed by atoms with E-state index in [1.165, 1.54) is 13.8 Å². The Hall–Kier alpha value is -2.58. The van der Waals surface area contributed by atoms with Crippen LogP contribution in [-0.2, 0) is 11.2 Å². The molecule has 0 saturated carbocycles. The van der Waals surface area contributed by atoms with Crippen molar-refractivity contribution in [3.8, 4) is 11.8 Å². The fraction of sp³-hybridized carbons (Fsp3) is 0.267. The van der Waals surface area contributed by atoms with Gasteiger partial charge in [0.1, 0.15) is 17.4 Å². The Bertz CT molecular complexity index is 1020. The second-order valence-corrected chi connectivity index (χ2v) is 6.78. The molecule has 2 rings (SSSR count). The predicted molar refractivity (Wildman–Crippen MR) is 84.1 cm³/mol. The number of nitriles is 1. The van der Waals surface area contributed by atoms with Crippen molar-refractivity contribution >= 4 is 11.2 Å². The smallest absolute Gasteiger partial charge is 0.433 e. The third kappa shape index (κ3) is 3.81. The van der Waals surface area contributed by atoms with Crippen LogP contribution < -0.4 is 11.2 Å². The minimum atomic E-state index is -4.72. The fourth-order valence-corrected chi connectivity index (χ4v) is 3.39. The Kier molecular flexibility index (Phi) is 5.29. The van der Waals surface area contributed by atoms with Crippen LogP contribution >= 0.6 is 0 Å². The molecule has 0 aliphatic heterocycles. The summed E-state index contributed by atoms with van der Waals surface area (Å²) in [6.07, 6.45) is -4.72. The van der Waals surface area contributed by atoms with E-state index >= 15 is 0 Å². The molecular weight excluding hydrogens is 378 g/mol. The Labute approximate surface area is 146 Å². The van der Waals surface area contributed by atoms with Gasteiger partial charge in [0.25, 0.3) is 5.56 Å². The van der Waals surface area contributed by atoms with Crippen LogP contribution in [0.15, 0.2) is 26.6 Å². The lowest BCUT2D eigenvalue weighted by Gasteiger charge is -2.16. The van der Waals surface area contributed by atoms with Gasteiger partial charge in [-0.25, -0.2) is 13.8 Å². The monoisotopic (exact) mass is 389 g/mol. The van der Waals surface area contributed by atoms with E-state index in [1.807, 2.05) is 0 Å². The number of nitrogens with one attached hydrogen (secondary N) is 1. The molecule has 11 heteroatoms. The van der Waals surface area contributed by atoms with Gasteiger partial charge in [-0.15, -0.1) is 0 Å². The first-order valence-electron chi connectivity index (χ1n) is 6.98. The normalized spacial score (nSPS) is 12.7. The molecule has 0 bridgehead atoms. The van der Waals surface area contributed by atoms with Gasteiger partial charge in [-0.3, -0.25) is 4.79 Å². The molecule has 0 fully saturated rings. The number of halogens is 4. The van der Waals surface area contributed by atoms with Crippen LogP contribution in [0.1, 0.15) is 16.8 Å². The standard InChI is InChI=1S/C15H11F4N3O3S/c1-7-3-10(16)11(4-12(7)26(25)6-15(17,18)19)22-13(23)9(5-20)8(2)21-14(22)24/h3-4H,6H2,1-2H3,(H,21,24). The Morgan fingerprint density at radius 2 is 1.92 bits per heavy atom. The van der Waals surface area contributed by atoms with Crippen molar-refractivity contribution in [2.75, 3.05) is 5.75 Å². The minimum absolute atomic E-state index is 0.0351. The van der Waals surface area contributed by atoms with Crippen LogP contribution in [0.25, 0.3) is 5.69 Å². The zero-order valence-electron chi connectivity index (χ0n) is 13.4. The van der Waals surface area contributed by atoms with Gasteiger partial charge < -0.3 is 9.54 Å². The average Bonchev–Trinajstić information content (AvgIpc) is 2.47. The van der Waals surface area contributed by atoms with Gasteiger partial charge in [0.2, 0.25) is 5.75 Å². The third-order valence-corrected chi connectivity index (χ3v) is 4.95. The van der Waals surface area contributed by atoms with Crippen LogP contribution in [0.3, 0.4) is 0 Å². The molecular formula is C15H11F4N3O3S. The molecule has 0 amide bonds. The average molecular weight is 389 g/mol. The van der Waals surface area contributed by atoms with Crippen molar-refractivity contribution in [3.05, 3.63) is 55.6 Å². The molecule has 0 aliphatic carbocycles. The van der Waals surface area contributed by atoms with Crippen LogP contribution in [-0.4, -0.2) is 26.0 Å². The van der Waals surface area contributed by atoms with Crippen LogP contribution in [0.5, 0.6) is 0 Å². The lowest BCUT2D eigenvalue weighted by atomic mass is 10.2. The van der Waals surface area contributed by atoms with Crippen molar-refractivity contribution < 1.29 is 22.1 Å².